The zero-order valence-corrected chi connectivity index (χ0v) is 14.5. The lowest BCUT2D eigenvalue weighted by Crippen LogP contribution is -2.38. The molecular formula is C17H24N6O. The molecule has 3 rings (SSSR count). The Labute approximate surface area is 142 Å². The highest BCUT2D eigenvalue weighted by Gasteiger charge is 2.17. The topological polar surface area (TPSA) is 67.6 Å². The second-order valence-corrected chi connectivity index (χ2v) is 5.89. The molecule has 0 bridgehead atoms. The number of ether oxygens (including phenoxy) is 1. The standard InChI is InChI=1S/C17H24N6O/c1-18-17(19-11-16-21-20-15-5-4-10-23(15)16)22(2)12-13-6-8-14(24-3)9-7-13/h6-9H,4-5,10-12H2,1-3H3,(H,18,19). The highest BCUT2D eigenvalue weighted by molar-refractivity contribution is 5.79. The largest absolute Gasteiger partial charge is 0.497 e. The Morgan fingerprint density at radius 3 is 2.83 bits per heavy atom. The van der Waals surface area contributed by atoms with E-state index in [0.717, 1.165) is 49.3 Å². The third-order valence-corrected chi connectivity index (χ3v) is 4.24. The van der Waals surface area contributed by atoms with Crippen LogP contribution in [0.4, 0.5) is 0 Å². The quantitative estimate of drug-likeness (QED) is 0.664. The molecule has 0 unspecified atom stereocenters. The Bertz CT molecular complexity index is 706. The maximum Gasteiger partial charge on any atom is 0.194 e. The van der Waals surface area contributed by atoms with Crippen LogP contribution in [0.2, 0.25) is 0 Å². The van der Waals surface area contributed by atoms with Crippen molar-refractivity contribution in [1.82, 2.24) is 25.0 Å². The summed E-state index contributed by atoms with van der Waals surface area (Å²) < 4.78 is 7.39. The van der Waals surface area contributed by atoms with E-state index in [9.17, 15) is 0 Å². The zero-order chi connectivity index (χ0) is 16.9. The number of aromatic nitrogens is 3. The van der Waals surface area contributed by atoms with E-state index < -0.39 is 0 Å². The molecule has 7 heteroatoms. The summed E-state index contributed by atoms with van der Waals surface area (Å²) in [5, 5.41) is 11.9. The number of fused-ring (bicyclic) bond motifs is 1. The van der Waals surface area contributed by atoms with Crippen LogP contribution in [0.25, 0.3) is 0 Å². The first-order valence-electron chi connectivity index (χ1n) is 8.17. The predicted octanol–water partition coefficient (Wildman–Crippen LogP) is 1.44. The molecule has 0 saturated heterocycles. The molecule has 0 saturated carbocycles. The Morgan fingerprint density at radius 2 is 2.12 bits per heavy atom. The molecule has 128 valence electrons. The van der Waals surface area contributed by atoms with E-state index in [4.69, 9.17) is 4.74 Å². The van der Waals surface area contributed by atoms with Gasteiger partial charge in [0.15, 0.2) is 11.8 Å². The van der Waals surface area contributed by atoms with E-state index in [1.807, 2.05) is 19.2 Å². The number of guanidine groups is 1. The van der Waals surface area contributed by atoms with Crippen molar-refractivity contribution in [1.29, 1.82) is 0 Å². The highest BCUT2D eigenvalue weighted by atomic mass is 16.5. The van der Waals surface area contributed by atoms with Gasteiger partial charge >= 0.3 is 0 Å². The summed E-state index contributed by atoms with van der Waals surface area (Å²) in [6.45, 7) is 2.41. The van der Waals surface area contributed by atoms with Crippen molar-refractivity contribution in [3.8, 4) is 5.75 Å². The molecule has 0 radical (unpaired) electrons. The number of nitrogens with one attached hydrogen (secondary N) is 1. The lowest BCUT2D eigenvalue weighted by Gasteiger charge is -2.22. The van der Waals surface area contributed by atoms with Crippen molar-refractivity contribution in [3.63, 3.8) is 0 Å². The van der Waals surface area contributed by atoms with Crippen LogP contribution in [-0.4, -0.2) is 46.8 Å². The van der Waals surface area contributed by atoms with Gasteiger partial charge in [-0.05, 0) is 24.1 Å². The van der Waals surface area contributed by atoms with Gasteiger partial charge in [-0.3, -0.25) is 4.99 Å². The number of aliphatic imine (C=N–C) groups is 1. The summed E-state index contributed by atoms with van der Waals surface area (Å²) in [5.41, 5.74) is 1.20. The maximum absolute atomic E-state index is 5.19. The van der Waals surface area contributed by atoms with Crippen LogP contribution in [0.1, 0.15) is 23.6 Å². The van der Waals surface area contributed by atoms with Gasteiger partial charge in [-0.2, -0.15) is 0 Å². The van der Waals surface area contributed by atoms with Gasteiger partial charge in [0.1, 0.15) is 11.6 Å². The smallest absolute Gasteiger partial charge is 0.194 e. The lowest BCUT2D eigenvalue weighted by atomic mass is 10.2. The van der Waals surface area contributed by atoms with Gasteiger partial charge in [0.2, 0.25) is 0 Å². The molecule has 1 aromatic heterocycles. The third kappa shape index (κ3) is 3.50. The van der Waals surface area contributed by atoms with E-state index in [1.54, 1.807) is 14.2 Å². The van der Waals surface area contributed by atoms with Gasteiger partial charge < -0.3 is 19.5 Å². The summed E-state index contributed by atoms with van der Waals surface area (Å²) in [6.07, 6.45) is 2.18. The summed E-state index contributed by atoms with van der Waals surface area (Å²) in [6, 6.07) is 8.07. The minimum Gasteiger partial charge on any atom is -0.497 e. The van der Waals surface area contributed by atoms with Crippen molar-refractivity contribution in [3.05, 3.63) is 41.5 Å². The number of hydrogen-bond donors (Lipinski definition) is 1. The monoisotopic (exact) mass is 328 g/mol. The van der Waals surface area contributed by atoms with E-state index in [-0.39, 0.29) is 0 Å². The Kier molecular flexibility index (Phi) is 4.98. The number of aryl methyl sites for hydroxylation is 1. The van der Waals surface area contributed by atoms with Crippen LogP contribution in [0.15, 0.2) is 29.3 Å². The lowest BCUT2D eigenvalue weighted by molar-refractivity contribution is 0.414. The molecule has 0 spiro atoms. The number of benzene rings is 1. The van der Waals surface area contributed by atoms with Gasteiger partial charge in [-0.15, -0.1) is 10.2 Å². The SMILES string of the molecule is CN=C(NCc1nnc2n1CCC2)N(C)Cc1ccc(OC)cc1. The molecule has 2 heterocycles. The van der Waals surface area contributed by atoms with Gasteiger partial charge in [-0.1, -0.05) is 12.1 Å². The first-order valence-corrected chi connectivity index (χ1v) is 8.17. The molecule has 0 amide bonds. The molecule has 7 nitrogen and oxygen atoms in total. The Hall–Kier alpha value is -2.57. The number of rotatable bonds is 5. The first kappa shape index (κ1) is 16.3. The van der Waals surface area contributed by atoms with Crippen molar-refractivity contribution in [2.75, 3.05) is 21.2 Å². The maximum atomic E-state index is 5.19. The summed E-state index contributed by atoms with van der Waals surface area (Å²) >= 11 is 0. The molecule has 1 aliphatic heterocycles. The van der Waals surface area contributed by atoms with Gasteiger partial charge in [0, 0.05) is 33.6 Å². The van der Waals surface area contributed by atoms with E-state index in [2.05, 4.69) is 42.1 Å². The number of nitrogens with zero attached hydrogens (tertiary/aromatic N) is 5. The Morgan fingerprint density at radius 1 is 1.33 bits per heavy atom. The van der Waals surface area contributed by atoms with Crippen molar-refractivity contribution in [2.45, 2.75) is 32.5 Å². The second-order valence-electron chi connectivity index (χ2n) is 5.89. The average Bonchev–Trinajstić information content (AvgIpc) is 3.20. The highest BCUT2D eigenvalue weighted by Crippen LogP contribution is 2.14. The van der Waals surface area contributed by atoms with Crippen molar-refractivity contribution >= 4 is 5.96 Å². The van der Waals surface area contributed by atoms with Gasteiger partial charge in [0.25, 0.3) is 0 Å². The summed E-state index contributed by atoms with van der Waals surface area (Å²) in [4.78, 5) is 6.45. The first-order chi connectivity index (χ1) is 11.7. The fourth-order valence-electron chi connectivity index (χ4n) is 2.96. The Balaban J connectivity index is 1.58. The normalized spacial score (nSPS) is 13.7. The van der Waals surface area contributed by atoms with Crippen molar-refractivity contribution < 1.29 is 4.74 Å². The molecule has 1 aliphatic rings. The van der Waals surface area contributed by atoms with E-state index in [0.29, 0.717) is 6.54 Å². The molecule has 0 atom stereocenters. The molecule has 0 aliphatic carbocycles. The zero-order valence-electron chi connectivity index (χ0n) is 14.5. The summed E-state index contributed by atoms with van der Waals surface area (Å²) in [7, 11) is 5.49. The third-order valence-electron chi connectivity index (χ3n) is 4.24. The number of methoxy groups -OCH3 is 1. The second kappa shape index (κ2) is 7.33. The van der Waals surface area contributed by atoms with Crippen LogP contribution < -0.4 is 10.1 Å². The number of hydrogen-bond acceptors (Lipinski definition) is 4. The molecule has 1 N–H and O–H groups in total. The van der Waals surface area contributed by atoms with Crippen LogP contribution >= 0.6 is 0 Å². The predicted molar refractivity (Wildman–Crippen MR) is 93.0 cm³/mol. The molecule has 2 aromatic rings. The average molecular weight is 328 g/mol. The van der Waals surface area contributed by atoms with Crippen molar-refractivity contribution in [2.24, 2.45) is 4.99 Å². The molecule has 0 fully saturated rings. The van der Waals surface area contributed by atoms with Crippen LogP contribution in [0, 0.1) is 0 Å². The molecular weight excluding hydrogens is 304 g/mol. The van der Waals surface area contributed by atoms with Gasteiger partial charge in [-0.25, -0.2) is 0 Å². The van der Waals surface area contributed by atoms with E-state index in [1.165, 1.54) is 5.56 Å². The van der Waals surface area contributed by atoms with E-state index >= 15 is 0 Å². The summed E-state index contributed by atoms with van der Waals surface area (Å²) in [5.74, 6) is 3.76. The minimum atomic E-state index is 0.632. The van der Waals surface area contributed by atoms with Gasteiger partial charge in [0.05, 0.1) is 13.7 Å². The van der Waals surface area contributed by atoms with Crippen LogP contribution in [0.5, 0.6) is 5.75 Å². The molecule has 24 heavy (non-hydrogen) atoms. The van der Waals surface area contributed by atoms with Crippen LogP contribution in [-0.2, 0) is 26.1 Å². The minimum absolute atomic E-state index is 0.632. The fourth-order valence-corrected chi connectivity index (χ4v) is 2.96. The molecule has 1 aromatic carbocycles. The van der Waals surface area contributed by atoms with Crippen LogP contribution in [0.3, 0.4) is 0 Å². The fraction of sp³-hybridized carbons (Fsp3) is 0.471.